The molecular formula is C13H14ClN3. The number of hydrogen-bond acceptors (Lipinski definition) is 3. The van der Waals surface area contributed by atoms with Crippen molar-refractivity contribution < 1.29 is 0 Å². The van der Waals surface area contributed by atoms with Gasteiger partial charge in [0.05, 0.1) is 6.20 Å². The van der Waals surface area contributed by atoms with Crippen molar-refractivity contribution in [2.75, 3.05) is 11.9 Å². The summed E-state index contributed by atoms with van der Waals surface area (Å²) < 4.78 is 0. The lowest BCUT2D eigenvalue weighted by atomic mass is 10.1. The van der Waals surface area contributed by atoms with Crippen molar-refractivity contribution in [2.24, 2.45) is 0 Å². The maximum atomic E-state index is 5.95. The van der Waals surface area contributed by atoms with Gasteiger partial charge in [0.25, 0.3) is 0 Å². The van der Waals surface area contributed by atoms with E-state index in [4.69, 9.17) is 11.6 Å². The fourth-order valence-electron chi connectivity index (χ4n) is 1.65. The summed E-state index contributed by atoms with van der Waals surface area (Å²) >= 11 is 5.95. The lowest BCUT2D eigenvalue weighted by molar-refractivity contribution is 0.988. The Kier molecular flexibility index (Phi) is 3.94. The van der Waals surface area contributed by atoms with Gasteiger partial charge in [-0.15, -0.1) is 0 Å². The zero-order valence-corrected chi connectivity index (χ0v) is 10.4. The second kappa shape index (κ2) is 5.64. The van der Waals surface area contributed by atoms with Crippen LogP contribution in [0.2, 0.25) is 5.02 Å². The normalized spacial score (nSPS) is 10.2. The van der Waals surface area contributed by atoms with Crippen molar-refractivity contribution in [1.82, 2.24) is 9.97 Å². The van der Waals surface area contributed by atoms with Gasteiger partial charge in [-0.25, -0.2) is 9.97 Å². The molecule has 0 aliphatic carbocycles. The second-order valence-corrected chi connectivity index (χ2v) is 4.23. The minimum absolute atomic E-state index is 0.553. The molecule has 3 nitrogen and oxygen atoms in total. The maximum absolute atomic E-state index is 5.95. The number of benzene rings is 1. The van der Waals surface area contributed by atoms with Gasteiger partial charge in [-0.2, -0.15) is 0 Å². The quantitative estimate of drug-likeness (QED) is 0.902. The van der Waals surface area contributed by atoms with Crippen LogP contribution in [0.15, 0.2) is 36.8 Å². The van der Waals surface area contributed by atoms with Gasteiger partial charge in [-0.1, -0.05) is 35.9 Å². The highest BCUT2D eigenvalue weighted by Crippen LogP contribution is 2.16. The number of aryl methyl sites for hydroxylation is 1. The summed E-state index contributed by atoms with van der Waals surface area (Å²) in [5, 5.41) is 3.76. The van der Waals surface area contributed by atoms with E-state index in [1.165, 1.54) is 17.5 Å². The predicted molar refractivity (Wildman–Crippen MR) is 70.4 cm³/mol. The van der Waals surface area contributed by atoms with Crippen LogP contribution in [0.1, 0.15) is 11.1 Å². The summed E-state index contributed by atoms with van der Waals surface area (Å²) in [4.78, 5) is 7.92. The molecule has 0 bridgehead atoms. The number of hydrogen-bond donors (Lipinski definition) is 1. The fourth-order valence-corrected chi connectivity index (χ4v) is 1.82. The van der Waals surface area contributed by atoms with Crippen LogP contribution in [0.25, 0.3) is 0 Å². The first-order chi connectivity index (χ1) is 8.27. The minimum Gasteiger partial charge on any atom is -0.368 e. The number of halogens is 1. The Morgan fingerprint density at radius 2 is 2.12 bits per heavy atom. The molecule has 0 fully saturated rings. The van der Waals surface area contributed by atoms with Gasteiger partial charge >= 0.3 is 0 Å². The lowest BCUT2D eigenvalue weighted by Crippen LogP contribution is -2.07. The number of anilines is 1. The lowest BCUT2D eigenvalue weighted by Gasteiger charge is -2.08. The first kappa shape index (κ1) is 11.9. The van der Waals surface area contributed by atoms with Crippen LogP contribution in [0.4, 0.5) is 5.82 Å². The van der Waals surface area contributed by atoms with Crippen LogP contribution in [0, 0.1) is 6.92 Å². The summed E-state index contributed by atoms with van der Waals surface area (Å²) in [5.74, 6) is 0.690. The average Bonchev–Trinajstić information content (AvgIpc) is 2.34. The van der Waals surface area contributed by atoms with Crippen molar-refractivity contribution in [1.29, 1.82) is 0 Å². The highest BCUT2D eigenvalue weighted by Gasteiger charge is 2.01. The first-order valence-corrected chi connectivity index (χ1v) is 5.89. The Hall–Kier alpha value is -1.61. The standard InChI is InChI=1S/C13H14ClN3/c1-10-4-2-3-5-11(10)6-7-16-13-12(14)8-15-9-17-13/h2-5,8-9H,6-7H2,1H3,(H,15,16,17). The molecule has 1 N–H and O–H groups in total. The van der Waals surface area contributed by atoms with E-state index in [0.717, 1.165) is 13.0 Å². The number of rotatable bonds is 4. The van der Waals surface area contributed by atoms with E-state index in [1.54, 1.807) is 6.20 Å². The average molecular weight is 248 g/mol. The summed E-state index contributed by atoms with van der Waals surface area (Å²) in [6.07, 6.45) is 4.03. The Morgan fingerprint density at radius 1 is 1.29 bits per heavy atom. The summed E-state index contributed by atoms with van der Waals surface area (Å²) in [7, 11) is 0. The van der Waals surface area contributed by atoms with E-state index in [-0.39, 0.29) is 0 Å². The van der Waals surface area contributed by atoms with E-state index in [1.807, 2.05) is 6.07 Å². The molecule has 0 saturated heterocycles. The third kappa shape index (κ3) is 3.17. The van der Waals surface area contributed by atoms with E-state index < -0.39 is 0 Å². The van der Waals surface area contributed by atoms with E-state index in [9.17, 15) is 0 Å². The largest absolute Gasteiger partial charge is 0.368 e. The molecule has 2 rings (SSSR count). The molecule has 0 aliphatic heterocycles. The van der Waals surface area contributed by atoms with Gasteiger partial charge in [-0.3, -0.25) is 0 Å². The topological polar surface area (TPSA) is 37.8 Å². The molecule has 0 unspecified atom stereocenters. The van der Waals surface area contributed by atoms with Gasteiger partial charge in [0, 0.05) is 6.54 Å². The Balaban J connectivity index is 1.93. The summed E-state index contributed by atoms with van der Waals surface area (Å²) in [6.45, 7) is 2.93. The maximum Gasteiger partial charge on any atom is 0.148 e. The molecule has 17 heavy (non-hydrogen) atoms. The number of aromatic nitrogens is 2. The molecule has 0 saturated carbocycles. The molecule has 0 spiro atoms. The summed E-state index contributed by atoms with van der Waals surface area (Å²) in [6, 6.07) is 8.36. The molecular weight excluding hydrogens is 234 g/mol. The van der Waals surface area contributed by atoms with Crippen LogP contribution in [0.3, 0.4) is 0 Å². The van der Waals surface area contributed by atoms with Crippen LogP contribution < -0.4 is 5.32 Å². The molecule has 1 aromatic heterocycles. The van der Waals surface area contributed by atoms with Gasteiger partial charge in [0.15, 0.2) is 0 Å². The third-order valence-electron chi connectivity index (χ3n) is 2.62. The molecule has 88 valence electrons. The van der Waals surface area contributed by atoms with Crippen molar-refractivity contribution in [3.05, 3.63) is 52.9 Å². The van der Waals surface area contributed by atoms with Gasteiger partial charge < -0.3 is 5.32 Å². The first-order valence-electron chi connectivity index (χ1n) is 5.51. The van der Waals surface area contributed by atoms with Crippen molar-refractivity contribution in [3.63, 3.8) is 0 Å². The fraction of sp³-hybridized carbons (Fsp3) is 0.231. The Labute approximate surface area is 106 Å². The highest BCUT2D eigenvalue weighted by molar-refractivity contribution is 6.32. The summed E-state index contributed by atoms with van der Waals surface area (Å²) in [5.41, 5.74) is 2.65. The van der Waals surface area contributed by atoms with Crippen molar-refractivity contribution >= 4 is 17.4 Å². The van der Waals surface area contributed by atoms with Gasteiger partial charge in [-0.05, 0) is 24.5 Å². The minimum atomic E-state index is 0.553. The molecule has 0 atom stereocenters. The SMILES string of the molecule is Cc1ccccc1CCNc1ncncc1Cl. The predicted octanol–water partition coefficient (Wildman–Crippen LogP) is 3.09. The van der Waals surface area contributed by atoms with Crippen LogP contribution in [-0.2, 0) is 6.42 Å². The van der Waals surface area contributed by atoms with E-state index >= 15 is 0 Å². The number of nitrogens with one attached hydrogen (secondary N) is 1. The Morgan fingerprint density at radius 3 is 2.88 bits per heavy atom. The zero-order chi connectivity index (χ0) is 12.1. The molecule has 2 aromatic rings. The van der Waals surface area contributed by atoms with Crippen molar-refractivity contribution in [3.8, 4) is 0 Å². The number of nitrogens with zero attached hydrogens (tertiary/aromatic N) is 2. The molecule has 1 heterocycles. The highest BCUT2D eigenvalue weighted by atomic mass is 35.5. The third-order valence-corrected chi connectivity index (χ3v) is 2.89. The van der Waals surface area contributed by atoms with Crippen LogP contribution in [-0.4, -0.2) is 16.5 Å². The monoisotopic (exact) mass is 247 g/mol. The van der Waals surface area contributed by atoms with Crippen LogP contribution >= 0.6 is 11.6 Å². The molecule has 0 aliphatic rings. The van der Waals surface area contributed by atoms with Gasteiger partial charge in [0.2, 0.25) is 0 Å². The second-order valence-electron chi connectivity index (χ2n) is 3.82. The molecule has 4 heteroatoms. The van der Waals surface area contributed by atoms with Gasteiger partial charge in [0.1, 0.15) is 17.2 Å². The molecule has 0 amide bonds. The molecule has 1 aromatic carbocycles. The zero-order valence-electron chi connectivity index (χ0n) is 9.65. The van der Waals surface area contributed by atoms with Crippen LogP contribution in [0.5, 0.6) is 0 Å². The van der Waals surface area contributed by atoms with E-state index in [2.05, 4.69) is 40.4 Å². The Bertz CT molecular complexity index is 454. The smallest absolute Gasteiger partial charge is 0.148 e. The van der Waals surface area contributed by atoms with E-state index in [0.29, 0.717) is 10.8 Å². The molecule has 0 radical (unpaired) electrons. The van der Waals surface area contributed by atoms with Crippen molar-refractivity contribution in [2.45, 2.75) is 13.3 Å².